The van der Waals surface area contributed by atoms with Crippen LogP contribution in [0.15, 0.2) is 58.5 Å². The fourth-order valence-electron chi connectivity index (χ4n) is 2.42. The maximum Gasteiger partial charge on any atom is 0.136 e. The first-order chi connectivity index (χ1) is 12.1. The van der Waals surface area contributed by atoms with Crippen LogP contribution in [0.25, 0.3) is 16.8 Å². The molecule has 1 heterocycles. The van der Waals surface area contributed by atoms with E-state index in [-0.39, 0.29) is 0 Å². The number of hydrogen-bond donors (Lipinski definition) is 1. The largest absolute Gasteiger partial charge is 0.360 e. The van der Waals surface area contributed by atoms with Crippen molar-refractivity contribution in [1.82, 2.24) is 4.98 Å². The number of thiazole rings is 1. The van der Waals surface area contributed by atoms with Crippen molar-refractivity contribution in [3.63, 3.8) is 0 Å². The predicted molar refractivity (Wildman–Crippen MR) is 108 cm³/mol. The number of nitrogens with zero attached hydrogens (tertiary/aromatic N) is 2. The number of rotatable bonds is 4. The number of aromatic nitrogens is 1. The van der Waals surface area contributed by atoms with E-state index in [1.165, 1.54) is 16.9 Å². The zero-order chi connectivity index (χ0) is 17.8. The van der Waals surface area contributed by atoms with E-state index in [0.717, 1.165) is 27.0 Å². The van der Waals surface area contributed by atoms with Gasteiger partial charge in [-0.2, -0.15) is 5.26 Å². The second-order valence-electron chi connectivity index (χ2n) is 5.68. The van der Waals surface area contributed by atoms with Crippen LogP contribution < -0.4 is 5.32 Å². The van der Waals surface area contributed by atoms with Gasteiger partial charge in [-0.3, -0.25) is 0 Å². The van der Waals surface area contributed by atoms with Gasteiger partial charge in [-0.05, 0) is 37.6 Å². The van der Waals surface area contributed by atoms with Gasteiger partial charge in [0.1, 0.15) is 16.6 Å². The molecule has 0 aliphatic rings. The molecule has 0 aliphatic heterocycles. The van der Waals surface area contributed by atoms with E-state index in [0.29, 0.717) is 10.6 Å². The molecule has 0 atom stereocenters. The lowest BCUT2D eigenvalue weighted by Crippen LogP contribution is -1.94. The number of hydrogen-bond acceptors (Lipinski definition) is 4. The molecule has 2 aromatic carbocycles. The van der Waals surface area contributed by atoms with Crippen molar-refractivity contribution in [3.8, 4) is 17.3 Å². The molecule has 3 nitrogen and oxygen atoms in total. The topological polar surface area (TPSA) is 48.7 Å². The van der Waals surface area contributed by atoms with Crippen LogP contribution in [0.1, 0.15) is 16.1 Å². The van der Waals surface area contributed by atoms with Crippen LogP contribution in [0.3, 0.4) is 0 Å². The highest BCUT2D eigenvalue weighted by Gasteiger charge is 2.09. The molecule has 3 aromatic rings. The van der Waals surface area contributed by atoms with Gasteiger partial charge < -0.3 is 5.32 Å². The van der Waals surface area contributed by atoms with Crippen molar-refractivity contribution < 1.29 is 0 Å². The summed E-state index contributed by atoms with van der Waals surface area (Å²) in [5.74, 6) is 0. The third-order valence-corrected chi connectivity index (χ3v) is 5.15. The summed E-state index contributed by atoms with van der Waals surface area (Å²) in [7, 11) is 0. The fourth-order valence-corrected chi connectivity index (χ4v) is 3.48. The van der Waals surface area contributed by atoms with Crippen LogP contribution in [-0.4, -0.2) is 4.98 Å². The van der Waals surface area contributed by atoms with Gasteiger partial charge in [0.15, 0.2) is 0 Å². The Morgan fingerprint density at radius 2 is 1.96 bits per heavy atom. The fraction of sp³-hybridized carbons (Fsp3) is 0.100. The standard InChI is InChI=1S/C20H16BrN3S/c1-13-3-8-18(14(2)9-13)23-11-16(10-22)20-24-19(12-25-20)15-4-6-17(21)7-5-15/h3-9,11-12,23H,1-2H3/b16-11+. The van der Waals surface area contributed by atoms with Gasteiger partial charge in [0.05, 0.1) is 5.69 Å². The van der Waals surface area contributed by atoms with Gasteiger partial charge in [0, 0.05) is 27.3 Å². The number of benzene rings is 2. The van der Waals surface area contributed by atoms with E-state index in [1.54, 1.807) is 6.20 Å². The Labute approximate surface area is 159 Å². The molecule has 0 amide bonds. The quantitative estimate of drug-likeness (QED) is 0.524. The van der Waals surface area contributed by atoms with Crippen molar-refractivity contribution in [2.24, 2.45) is 0 Å². The molecule has 1 N–H and O–H groups in total. The molecule has 0 unspecified atom stereocenters. The Morgan fingerprint density at radius 1 is 1.20 bits per heavy atom. The molecule has 0 radical (unpaired) electrons. The first kappa shape index (κ1) is 17.4. The third-order valence-electron chi connectivity index (χ3n) is 3.75. The van der Waals surface area contributed by atoms with Crippen LogP contribution in [0, 0.1) is 25.2 Å². The minimum Gasteiger partial charge on any atom is -0.360 e. The lowest BCUT2D eigenvalue weighted by Gasteiger charge is -2.06. The van der Waals surface area contributed by atoms with Gasteiger partial charge in [-0.25, -0.2) is 4.98 Å². The molecule has 0 fully saturated rings. The monoisotopic (exact) mass is 409 g/mol. The molecule has 124 valence electrons. The summed E-state index contributed by atoms with van der Waals surface area (Å²) < 4.78 is 1.03. The number of aryl methyl sites for hydroxylation is 2. The van der Waals surface area contributed by atoms with Gasteiger partial charge in [-0.1, -0.05) is 45.8 Å². The molecule has 3 rings (SSSR count). The number of halogens is 1. The molecule has 0 aliphatic carbocycles. The van der Waals surface area contributed by atoms with E-state index in [9.17, 15) is 5.26 Å². The smallest absolute Gasteiger partial charge is 0.136 e. The Balaban J connectivity index is 1.84. The van der Waals surface area contributed by atoms with Gasteiger partial charge in [-0.15, -0.1) is 11.3 Å². The maximum absolute atomic E-state index is 9.49. The van der Waals surface area contributed by atoms with Crippen LogP contribution in [0.4, 0.5) is 5.69 Å². The van der Waals surface area contributed by atoms with Crippen molar-refractivity contribution in [3.05, 3.63) is 74.7 Å². The Hall–Kier alpha value is -2.42. The minimum absolute atomic E-state index is 0.522. The molecule has 0 spiro atoms. The zero-order valence-electron chi connectivity index (χ0n) is 13.9. The Kier molecular flexibility index (Phi) is 5.32. The van der Waals surface area contributed by atoms with E-state index in [2.05, 4.69) is 45.3 Å². The molecule has 1 aromatic heterocycles. The first-order valence-electron chi connectivity index (χ1n) is 7.73. The van der Waals surface area contributed by atoms with Gasteiger partial charge in [0.25, 0.3) is 0 Å². The summed E-state index contributed by atoms with van der Waals surface area (Å²) in [5, 5.41) is 15.4. The van der Waals surface area contributed by atoms with Crippen molar-refractivity contribution in [2.45, 2.75) is 13.8 Å². The highest BCUT2D eigenvalue weighted by Crippen LogP contribution is 2.27. The Morgan fingerprint density at radius 3 is 2.64 bits per heavy atom. The highest BCUT2D eigenvalue weighted by atomic mass is 79.9. The number of nitrogens with one attached hydrogen (secondary N) is 1. The normalized spacial score (nSPS) is 11.2. The molecule has 0 saturated carbocycles. The third kappa shape index (κ3) is 4.16. The second kappa shape index (κ2) is 7.64. The average Bonchev–Trinajstić information content (AvgIpc) is 3.07. The van der Waals surface area contributed by atoms with E-state index < -0.39 is 0 Å². The van der Waals surface area contributed by atoms with Crippen LogP contribution in [0.2, 0.25) is 0 Å². The van der Waals surface area contributed by atoms with E-state index >= 15 is 0 Å². The summed E-state index contributed by atoms with van der Waals surface area (Å²) in [6.45, 7) is 4.11. The van der Waals surface area contributed by atoms with Crippen molar-refractivity contribution in [1.29, 1.82) is 5.26 Å². The summed E-state index contributed by atoms with van der Waals surface area (Å²) in [5.41, 5.74) is 5.77. The molecule has 0 saturated heterocycles. The van der Waals surface area contributed by atoms with Crippen LogP contribution in [-0.2, 0) is 0 Å². The summed E-state index contributed by atoms with van der Waals surface area (Å²) in [4.78, 5) is 4.60. The lowest BCUT2D eigenvalue weighted by atomic mass is 10.1. The molecule has 25 heavy (non-hydrogen) atoms. The maximum atomic E-state index is 9.49. The summed E-state index contributed by atoms with van der Waals surface area (Å²) >= 11 is 4.90. The molecular formula is C20H16BrN3S. The number of anilines is 1. The van der Waals surface area contributed by atoms with Crippen molar-refractivity contribution in [2.75, 3.05) is 5.32 Å². The van der Waals surface area contributed by atoms with Crippen LogP contribution >= 0.6 is 27.3 Å². The minimum atomic E-state index is 0.522. The van der Waals surface area contributed by atoms with Crippen molar-refractivity contribution >= 4 is 38.5 Å². The summed E-state index contributed by atoms with van der Waals surface area (Å²) in [6, 6.07) is 16.4. The second-order valence-corrected chi connectivity index (χ2v) is 7.45. The summed E-state index contributed by atoms with van der Waals surface area (Å²) in [6.07, 6.45) is 1.72. The van der Waals surface area contributed by atoms with E-state index in [4.69, 9.17) is 0 Å². The first-order valence-corrected chi connectivity index (χ1v) is 9.40. The van der Waals surface area contributed by atoms with E-state index in [1.807, 2.05) is 48.7 Å². The zero-order valence-corrected chi connectivity index (χ0v) is 16.3. The average molecular weight is 410 g/mol. The SMILES string of the molecule is Cc1ccc(N/C=C(\C#N)c2nc(-c3ccc(Br)cc3)cs2)c(C)c1. The Bertz CT molecular complexity index is 965. The number of allylic oxidation sites excluding steroid dienone is 1. The van der Waals surface area contributed by atoms with Gasteiger partial charge in [0.2, 0.25) is 0 Å². The predicted octanol–water partition coefficient (Wildman–Crippen LogP) is 6.17. The highest BCUT2D eigenvalue weighted by molar-refractivity contribution is 9.10. The lowest BCUT2D eigenvalue weighted by molar-refractivity contribution is 1.35. The molecule has 5 heteroatoms. The number of nitriles is 1. The molecular weight excluding hydrogens is 394 g/mol. The van der Waals surface area contributed by atoms with Gasteiger partial charge >= 0.3 is 0 Å². The molecule has 0 bridgehead atoms. The van der Waals surface area contributed by atoms with Crippen LogP contribution in [0.5, 0.6) is 0 Å².